The van der Waals surface area contributed by atoms with Crippen LogP contribution in [0.2, 0.25) is 0 Å². The van der Waals surface area contributed by atoms with E-state index in [-0.39, 0.29) is 29.8 Å². The molecule has 156 valence electrons. The van der Waals surface area contributed by atoms with Crippen LogP contribution in [0.3, 0.4) is 0 Å². The van der Waals surface area contributed by atoms with Gasteiger partial charge in [-0.25, -0.2) is 9.03 Å². The van der Waals surface area contributed by atoms with Crippen LogP contribution in [0.5, 0.6) is 5.75 Å². The van der Waals surface area contributed by atoms with Gasteiger partial charge in [-0.1, -0.05) is 32.0 Å². The second-order valence-corrected chi connectivity index (χ2v) is 9.24. The Morgan fingerprint density at radius 1 is 1.21 bits per heavy atom. The predicted octanol–water partition coefficient (Wildman–Crippen LogP) is 2.41. The number of nitrogens with zero attached hydrogens (tertiary/aromatic N) is 1. The molecule has 29 heavy (non-hydrogen) atoms. The molecule has 0 aliphatic carbocycles. The largest absolute Gasteiger partial charge is 0.506 e. The molecule has 2 aromatic carbocycles. The summed E-state index contributed by atoms with van der Waals surface area (Å²) in [5.41, 5.74) is 1.03. The van der Waals surface area contributed by atoms with Gasteiger partial charge in [0.05, 0.1) is 11.6 Å². The Bertz CT molecular complexity index is 1060. The number of carboxylic acid groups (broad SMARTS) is 1. The molecule has 1 fully saturated rings. The number of aliphatic carboxylic acids is 1. The number of aromatic hydroxyl groups is 1. The first kappa shape index (κ1) is 20.9. The smallest absolute Gasteiger partial charge is 0.326 e. The molecule has 0 radical (unpaired) electrons. The van der Waals surface area contributed by atoms with Crippen molar-refractivity contribution in [2.45, 2.75) is 33.1 Å². The van der Waals surface area contributed by atoms with Crippen molar-refractivity contribution in [3.8, 4) is 5.75 Å². The number of amides is 1. The summed E-state index contributed by atoms with van der Waals surface area (Å²) in [5.74, 6) is -1.99. The number of rotatable bonds is 7. The number of benzene rings is 2. The van der Waals surface area contributed by atoms with Crippen LogP contribution in [0.25, 0.3) is 10.8 Å². The van der Waals surface area contributed by atoms with E-state index < -0.39 is 22.1 Å². The summed E-state index contributed by atoms with van der Waals surface area (Å²) in [7, 11) is -4.01. The standard InChI is InChI=1S/C20H24N2O6S/c1-12(2)16(20(25)26)5-3-4-13-6-7-14-10-18(23)17(9-15(14)8-13)22-11-19(24)21-29(22,27)28/h6-10,12,16,23H,3-5,11H2,1-2H3,(H,21,24)(H,25,26). The first-order valence-electron chi connectivity index (χ1n) is 9.40. The molecule has 2 aromatic rings. The van der Waals surface area contributed by atoms with Gasteiger partial charge in [0.2, 0.25) is 0 Å². The SMILES string of the molecule is CC(C)C(CCCc1ccc2cc(O)c(N3CC(=O)NS3(=O)=O)cc2c1)C(=O)O. The van der Waals surface area contributed by atoms with Crippen molar-refractivity contribution in [3.63, 3.8) is 0 Å². The van der Waals surface area contributed by atoms with E-state index in [1.54, 1.807) is 6.07 Å². The van der Waals surface area contributed by atoms with Crippen molar-refractivity contribution >= 4 is 38.5 Å². The number of carbonyl (C=O) groups excluding carboxylic acids is 1. The summed E-state index contributed by atoms with van der Waals surface area (Å²) < 4.78 is 26.9. The topological polar surface area (TPSA) is 124 Å². The van der Waals surface area contributed by atoms with E-state index in [0.717, 1.165) is 20.6 Å². The Labute approximate surface area is 169 Å². The lowest BCUT2D eigenvalue weighted by atomic mass is 9.90. The van der Waals surface area contributed by atoms with Crippen molar-refractivity contribution in [3.05, 3.63) is 35.9 Å². The third-order valence-corrected chi connectivity index (χ3v) is 6.58. The van der Waals surface area contributed by atoms with Crippen LogP contribution in [0.4, 0.5) is 5.69 Å². The lowest BCUT2D eigenvalue weighted by Crippen LogP contribution is -2.29. The van der Waals surface area contributed by atoms with Crippen LogP contribution in [0.1, 0.15) is 32.3 Å². The number of aryl methyl sites for hydroxylation is 1. The molecule has 8 nitrogen and oxygen atoms in total. The Morgan fingerprint density at radius 3 is 2.52 bits per heavy atom. The Morgan fingerprint density at radius 2 is 1.93 bits per heavy atom. The van der Waals surface area contributed by atoms with Crippen molar-refractivity contribution in [2.24, 2.45) is 11.8 Å². The van der Waals surface area contributed by atoms with Crippen LogP contribution < -0.4 is 9.03 Å². The minimum atomic E-state index is -4.01. The zero-order valence-corrected chi connectivity index (χ0v) is 17.1. The highest BCUT2D eigenvalue weighted by atomic mass is 32.2. The lowest BCUT2D eigenvalue weighted by molar-refractivity contribution is -0.143. The summed E-state index contributed by atoms with van der Waals surface area (Å²) in [6, 6.07) is 8.63. The van der Waals surface area contributed by atoms with Gasteiger partial charge in [-0.05, 0) is 53.6 Å². The normalized spacial score (nSPS) is 16.9. The van der Waals surface area contributed by atoms with Crippen LogP contribution in [-0.2, 0) is 26.2 Å². The number of phenolic OH excluding ortho intramolecular Hbond substituents is 1. The number of carbonyl (C=O) groups is 2. The van der Waals surface area contributed by atoms with Crippen molar-refractivity contribution < 1.29 is 28.2 Å². The van der Waals surface area contributed by atoms with Crippen LogP contribution >= 0.6 is 0 Å². The number of anilines is 1. The second-order valence-electron chi connectivity index (χ2n) is 7.64. The highest BCUT2D eigenvalue weighted by Gasteiger charge is 2.35. The molecule has 1 heterocycles. The summed E-state index contributed by atoms with van der Waals surface area (Å²) in [5, 5.41) is 21.0. The Hall–Kier alpha value is -2.81. The molecular weight excluding hydrogens is 396 g/mol. The van der Waals surface area contributed by atoms with E-state index in [0.29, 0.717) is 19.3 Å². The number of phenols is 1. The van der Waals surface area contributed by atoms with Gasteiger partial charge in [-0.2, -0.15) is 8.42 Å². The van der Waals surface area contributed by atoms with Gasteiger partial charge in [0, 0.05) is 0 Å². The van der Waals surface area contributed by atoms with Gasteiger partial charge in [0.15, 0.2) is 0 Å². The van der Waals surface area contributed by atoms with Gasteiger partial charge in [-0.15, -0.1) is 0 Å². The molecule has 1 aliphatic rings. The fraction of sp³-hybridized carbons (Fsp3) is 0.400. The van der Waals surface area contributed by atoms with E-state index in [9.17, 15) is 28.2 Å². The molecule has 1 unspecified atom stereocenters. The maximum atomic E-state index is 12.1. The average molecular weight is 420 g/mol. The maximum absolute atomic E-state index is 12.1. The zero-order chi connectivity index (χ0) is 21.3. The third kappa shape index (κ3) is 4.45. The number of hydrogen-bond donors (Lipinski definition) is 3. The van der Waals surface area contributed by atoms with E-state index in [1.165, 1.54) is 6.07 Å². The van der Waals surface area contributed by atoms with Crippen molar-refractivity contribution in [2.75, 3.05) is 10.8 Å². The maximum Gasteiger partial charge on any atom is 0.326 e. The molecule has 0 aromatic heterocycles. The first-order chi connectivity index (χ1) is 13.6. The molecular formula is C20H24N2O6S. The summed E-state index contributed by atoms with van der Waals surface area (Å²) in [6.07, 6.45) is 1.97. The fourth-order valence-corrected chi connectivity index (χ4v) is 4.76. The molecule has 3 rings (SSSR count). The molecule has 9 heteroatoms. The molecule has 1 saturated heterocycles. The highest BCUT2D eigenvalue weighted by Crippen LogP contribution is 2.35. The van der Waals surface area contributed by atoms with Crippen LogP contribution in [-0.4, -0.2) is 37.1 Å². The number of carboxylic acids is 1. The van der Waals surface area contributed by atoms with Crippen LogP contribution in [0.15, 0.2) is 30.3 Å². The van der Waals surface area contributed by atoms with Gasteiger partial charge in [0.1, 0.15) is 12.3 Å². The van der Waals surface area contributed by atoms with Gasteiger partial charge in [-0.3, -0.25) is 9.59 Å². The molecule has 0 bridgehead atoms. The quantitative estimate of drug-likeness (QED) is 0.632. The molecule has 0 spiro atoms. The van der Waals surface area contributed by atoms with E-state index in [4.69, 9.17) is 0 Å². The van der Waals surface area contributed by atoms with Crippen LogP contribution in [0, 0.1) is 11.8 Å². The minimum absolute atomic E-state index is 0.0405. The molecule has 1 atom stereocenters. The third-order valence-electron chi connectivity index (χ3n) is 5.19. The molecule has 1 aliphatic heterocycles. The van der Waals surface area contributed by atoms with E-state index >= 15 is 0 Å². The molecule has 1 amide bonds. The molecule has 3 N–H and O–H groups in total. The number of hydrogen-bond acceptors (Lipinski definition) is 5. The predicted molar refractivity (Wildman–Crippen MR) is 109 cm³/mol. The van der Waals surface area contributed by atoms with E-state index in [2.05, 4.69) is 0 Å². The summed E-state index contributed by atoms with van der Waals surface area (Å²) >= 11 is 0. The fourth-order valence-electron chi connectivity index (χ4n) is 3.61. The van der Waals surface area contributed by atoms with Crippen molar-refractivity contribution in [1.29, 1.82) is 0 Å². The van der Waals surface area contributed by atoms with Gasteiger partial charge >= 0.3 is 16.2 Å². The second kappa shape index (κ2) is 7.90. The Kier molecular flexibility index (Phi) is 5.70. The lowest BCUT2D eigenvalue weighted by Gasteiger charge is -2.17. The Balaban J connectivity index is 1.83. The highest BCUT2D eigenvalue weighted by molar-refractivity contribution is 7.92. The first-order valence-corrected chi connectivity index (χ1v) is 10.8. The number of fused-ring (bicyclic) bond motifs is 1. The van der Waals surface area contributed by atoms with Crippen molar-refractivity contribution in [1.82, 2.24) is 4.72 Å². The van der Waals surface area contributed by atoms with Gasteiger partial charge < -0.3 is 10.2 Å². The van der Waals surface area contributed by atoms with E-state index in [1.807, 2.05) is 36.8 Å². The summed E-state index contributed by atoms with van der Waals surface area (Å²) in [4.78, 5) is 22.8. The summed E-state index contributed by atoms with van der Waals surface area (Å²) in [6.45, 7) is 3.41. The minimum Gasteiger partial charge on any atom is -0.506 e. The molecule has 0 saturated carbocycles. The van der Waals surface area contributed by atoms with Gasteiger partial charge in [0.25, 0.3) is 5.91 Å². The number of nitrogens with one attached hydrogen (secondary N) is 1. The monoisotopic (exact) mass is 420 g/mol. The average Bonchev–Trinajstić information content (AvgIpc) is 2.89. The zero-order valence-electron chi connectivity index (χ0n) is 16.3.